The number of aliphatic hydroxyl groups excluding tert-OH is 1. The molecule has 104 valence electrons. The number of nitrogens with zero attached hydrogens (tertiary/aromatic N) is 2. The fourth-order valence-corrected chi connectivity index (χ4v) is 1.44. The summed E-state index contributed by atoms with van der Waals surface area (Å²) in [4.78, 5) is 28.5. The third-order valence-electron chi connectivity index (χ3n) is 2.28. The van der Waals surface area contributed by atoms with Crippen molar-refractivity contribution in [1.82, 2.24) is 0 Å². The molecule has 9 heteroatoms. The van der Waals surface area contributed by atoms with Gasteiger partial charge in [0.15, 0.2) is 6.10 Å². The minimum absolute atomic E-state index is 0.0560. The third-order valence-corrected chi connectivity index (χ3v) is 2.28. The fourth-order valence-electron chi connectivity index (χ4n) is 1.44. The minimum atomic E-state index is -1.43. The summed E-state index contributed by atoms with van der Waals surface area (Å²) in [5, 5.41) is 27.9. The predicted octanol–water partition coefficient (Wildman–Crippen LogP) is 0.375. The minimum Gasteiger partial charge on any atom is -0.390 e. The van der Waals surface area contributed by atoms with Crippen molar-refractivity contribution in [1.29, 1.82) is 0 Å². The van der Waals surface area contributed by atoms with E-state index in [1.165, 1.54) is 0 Å². The first kappa shape index (κ1) is 14.6. The molecule has 9 nitrogen and oxygen atoms in total. The van der Waals surface area contributed by atoms with Crippen LogP contribution in [0.5, 0.6) is 0 Å². The van der Waals surface area contributed by atoms with Crippen LogP contribution in [0.3, 0.4) is 0 Å². The molecule has 0 radical (unpaired) electrons. The second-order valence-corrected chi connectivity index (χ2v) is 3.64. The highest BCUT2D eigenvalue weighted by atomic mass is 17.0. The molecular weight excluding hydrogens is 260 g/mol. The SMILES string of the molecule is O=[N+]([O-])OC[C@H](O[N+](=O)[O-])[C@@H](O)Cc1ccccc1. The molecule has 1 aromatic rings. The maximum absolute atomic E-state index is 10.3. The van der Waals surface area contributed by atoms with Gasteiger partial charge < -0.3 is 14.8 Å². The Kier molecular flexibility index (Phi) is 5.48. The molecule has 0 saturated carbocycles. The number of hydrogen-bond acceptors (Lipinski definition) is 7. The van der Waals surface area contributed by atoms with Crippen molar-refractivity contribution < 1.29 is 25.0 Å². The van der Waals surface area contributed by atoms with Crippen LogP contribution in [0, 0.1) is 20.2 Å². The highest BCUT2D eigenvalue weighted by molar-refractivity contribution is 5.15. The zero-order valence-electron chi connectivity index (χ0n) is 9.75. The normalized spacial score (nSPS) is 13.3. The molecule has 0 fully saturated rings. The summed E-state index contributed by atoms with van der Waals surface area (Å²) in [6.45, 7) is -0.720. The van der Waals surface area contributed by atoms with Gasteiger partial charge in [-0.2, -0.15) is 0 Å². The molecule has 0 spiro atoms. The summed E-state index contributed by atoms with van der Waals surface area (Å²) < 4.78 is 0. The monoisotopic (exact) mass is 272 g/mol. The summed E-state index contributed by atoms with van der Waals surface area (Å²) >= 11 is 0. The van der Waals surface area contributed by atoms with E-state index >= 15 is 0 Å². The fraction of sp³-hybridized carbons (Fsp3) is 0.400. The molecule has 1 N–H and O–H groups in total. The van der Waals surface area contributed by atoms with Crippen LogP contribution in [0.15, 0.2) is 30.3 Å². The van der Waals surface area contributed by atoms with Crippen molar-refractivity contribution in [2.75, 3.05) is 6.61 Å². The van der Waals surface area contributed by atoms with Crippen LogP contribution in [0.4, 0.5) is 0 Å². The highest BCUT2D eigenvalue weighted by Gasteiger charge is 2.25. The van der Waals surface area contributed by atoms with Gasteiger partial charge in [0, 0.05) is 6.42 Å². The van der Waals surface area contributed by atoms with Gasteiger partial charge >= 0.3 is 0 Å². The van der Waals surface area contributed by atoms with Crippen molar-refractivity contribution in [2.24, 2.45) is 0 Å². The van der Waals surface area contributed by atoms with Crippen molar-refractivity contribution >= 4 is 0 Å². The maximum Gasteiger partial charge on any atom is 0.294 e. The molecule has 0 aliphatic heterocycles. The number of rotatable bonds is 8. The zero-order chi connectivity index (χ0) is 14.3. The van der Waals surface area contributed by atoms with Crippen LogP contribution in [-0.2, 0) is 16.1 Å². The standard InChI is InChI=1S/C10H12N2O7/c13-9(6-8-4-2-1-3-5-8)10(19-12(16)17)7-18-11(14)15/h1-5,9-10,13H,6-7H2/t9-,10-/m0/s1. The maximum atomic E-state index is 10.3. The first-order valence-corrected chi connectivity index (χ1v) is 5.29. The largest absolute Gasteiger partial charge is 0.390 e. The molecule has 0 bridgehead atoms. The first-order valence-electron chi connectivity index (χ1n) is 5.29. The smallest absolute Gasteiger partial charge is 0.294 e. The van der Waals surface area contributed by atoms with E-state index in [0.717, 1.165) is 0 Å². The van der Waals surface area contributed by atoms with E-state index in [4.69, 9.17) is 0 Å². The third kappa shape index (κ3) is 5.64. The molecule has 19 heavy (non-hydrogen) atoms. The van der Waals surface area contributed by atoms with Gasteiger partial charge in [0.1, 0.15) is 6.61 Å². The van der Waals surface area contributed by atoms with E-state index in [1.807, 2.05) is 0 Å². The topological polar surface area (TPSA) is 125 Å². The van der Waals surface area contributed by atoms with Gasteiger partial charge in [0.2, 0.25) is 0 Å². The lowest BCUT2D eigenvalue weighted by molar-refractivity contribution is -0.791. The van der Waals surface area contributed by atoms with Crippen LogP contribution < -0.4 is 0 Å². The molecule has 0 amide bonds. The van der Waals surface area contributed by atoms with Crippen LogP contribution >= 0.6 is 0 Å². The molecule has 0 aromatic heterocycles. The molecule has 0 aliphatic carbocycles. The Morgan fingerprint density at radius 2 is 1.79 bits per heavy atom. The van der Waals surface area contributed by atoms with Gasteiger partial charge in [0.25, 0.3) is 10.2 Å². The van der Waals surface area contributed by atoms with E-state index < -0.39 is 29.0 Å². The second kappa shape index (κ2) is 7.11. The van der Waals surface area contributed by atoms with Gasteiger partial charge in [-0.3, -0.25) is 0 Å². The van der Waals surface area contributed by atoms with E-state index in [-0.39, 0.29) is 6.42 Å². The average Bonchev–Trinajstić information content (AvgIpc) is 2.35. The van der Waals surface area contributed by atoms with E-state index in [2.05, 4.69) is 9.68 Å². The summed E-state index contributed by atoms with van der Waals surface area (Å²) in [5.74, 6) is 0. The van der Waals surface area contributed by atoms with Crippen molar-refractivity contribution in [3.63, 3.8) is 0 Å². The molecule has 0 unspecified atom stereocenters. The lowest BCUT2D eigenvalue weighted by Gasteiger charge is -2.19. The highest BCUT2D eigenvalue weighted by Crippen LogP contribution is 2.09. The Bertz CT molecular complexity index is 425. The van der Waals surface area contributed by atoms with Gasteiger partial charge in [0.05, 0.1) is 6.10 Å². The Hall–Kier alpha value is -2.42. The zero-order valence-corrected chi connectivity index (χ0v) is 9.75. The Morgan fingerprint density at radius 1 is 1.16 bits per heavy atom. The summed E-state index contributed by atoms with van der Waals surface area (Å²) in [6.07, 6.45) is -2.67. The molecular formula is C10H12N2O7. The quantitative estimate of drug-likeness (QED) is 0.535. The first-order chi connectivity index (χ1) is 8.99. The molecule has 0 saturated heterocycles. The van der Waals surface area contributed by atoms with Crippen LogP contribution in [0.25, 0.3) is 0 Å². The summed E-state index contributed by atoms with van der Waals surface area (Å²) in [7, 11) is 0. The number of benzene rings is 1. The van der Waals surface area contributed by atoms with Gasteiger partial charge in [-0.05, 0) is 5.56 Å². The Balaban J connectivity index is 2.62. The van der Waals surface area contributed by atoms with Gasteiger partial charge in [-0.15, -0.1) is 20.2 Å². The molecule has 2 atom stereocenters. The Morgan fingerprint density at radius 3 is 2.32 bits per heavy atom. The van der Waals surface area contributed by atoms with Crippen LogP contribution in [-0.4, -0.2) is 34.1 Å². The number of hydrogen-bond donors (Lipinski definition) is 1. The summed E-state index contributed by atoms with van der Waals surface area (Å²) in [5.41, 5.74) is 0.716. The lowest BCUT2D eigenvalue weighted by Crippen LogP contribution is -2.37. The predicted molar refractivity (Wildman–Crippen MR) is 61.0 cm³/mol. The van der Waals surface area contributed by atoms with Crippen LogP contribution in [0.1, 0.15) is 5.56 Å². The molecule has 0 heterocycles. The molecule has 1 rings (SSSR count). The number of aliphatic hydroxyl groups is 1. The van der Waals surface area contributed by atoms with Gasteiger partial charge in [-0.1, -0.05) is 30.3 Å². The van der Waals surface area contributed by atoms with Crippen molar-refractivity contribution in [3.8, 4) is 0 Å². The van der Waals surface area contributed by atoms with E-state index in [9.17, 15) is 25.3 Å². The van der Waals surface area contributed by atoms with E-state index in [1.54, 1.807) is 30.3 Å². The lowest BCUT2D eigenvalue weighted by atomic mass is 10.0. The van der Waals surface area contributed by atoms with Crippen molar-refractivity contribution in [2.45, 2.75) is 18.6 Å². The molecule has 1 aromatic carbocycles. The van der Waals surface area contributed by atoms with Crippen molar-refractivity contribution in [3.05, 3.63) is 56.1 Å². The summed E-state index contributed by atoms with van der Waals surface area (Å²) in [6, 6.07) is 8.66. The Labute approximate surface area is 107 Å². The van der Waals surface area contributed by atoms with E-state index in [0.29, 0.717) is 5.56 Å². The van der Waals surface area contributed by atoms with Crippen LogP contribution in [0.2, 0.25) is 0 Å². The van der Waals surface area contributed by atoms with Gasteiger partial charge in [-0.25, -0.2) is 0 Å². The molecule has 0 aliphatic rings. The second-order valence-electron chi connectivity index (χ2n) is 3.64. The average molecular weight is 272 g/mol.